The Morgan fingerprint density at radius 2 is 1.91 bits per heavy atom. The molecule has 2 atom stereocenters. The summed E-state index contributed by atoms with van der Waals surface area (Å²) in [6, 6.07) is 7.36. The van der Waals surface area contributed by atoms with Crippen molar-refractivity contribution in [3.8, 4) is 0 Å². The Balaban J connectivity index is 2.69. The van der Waals surface area contributed by atoms with Crippen LogP contribution in [0, 0.1) is 0 Å². The highest BCUT2D eigenvalue weighted by atomic mass is 16.4. The molecular formula is C16H22N2O4. The van der Waals surface area contributed by atoms with Gasteiger partial charge in [-0.15, -0.1) is 0 Å². The van der Waals surface area contributed by atoms with E-state index in [2.05, 4.69) is 10.6 Å². The number of carbonyl (C=O) groups excluding carboxylic acids is 2. The third-order valence-corrected chi connectivity index (χ3v) is 3.33. The average molecular weight is 306 g/mol. The van der Waals surface area contributed by atoms with Crippen molar-refractivity contribution < 1.29 is 19.5 Å². The minimum Gasteiger partial charge on any atom is -0.480 e. The van der Waals surface area contributed by atoms with Crippen molar-refractivity contribution in [3.05, 3.63) is 35.9 Å². The number of hydrogen-bond acceptors (Lipinski definition) is 3. The largest absolute Gasteiger partial charge is 0.480 e. The molecule has 1 aromatic carbocycles. The van der Waals surface area contributed by atoms with Gasteiger partial charge >= 0.3 is 5.97 Å². The third kappa shape index (κ3) is 5.95. The van der Waals surface area contributed by atoms with E-state index in [4.69, 9.17) is 0 Å². The fraction of sp³-hybridized carbons (Fsp3) is 0.438. The van der Waals surface area contributed by atoms with Crippen LogP contribution in [0.2, 0.25) is 0 Å². The Kier molecular flexibility index (Phi) is 7.67. The van der Waals surface area contributed by atoms with E-state index in [1.807, 2.05) is 25.1 Å². The predicted molar refractivity (Wildman–Crippen MR) is 82.2 cm³/mol. The summed E-state index contributed by atoms with van der Waals surface area (Å²) < 4.78 is 0. The van der Waals surface area contributed by atoms with Gasteiger partial charge in [-0.25, -0.2) is 4.79 Å². The number of amides is 2. The fourth-order valence-corrected chi connectivity index (χ4v) is 2.10. The number of carbonyl (C=O) groups is 3. The Hall–Kier alpha value is -2.37. The highest BCUT2D eigenvalue weighted by molar-refractivity contribution is 5.88. The molecule has 6 nitrogen and oxygen atoms in total. The molecule has 0 saturated heterocycles. The molecule has 1 rings (SSSR count). The second kappa shape index (κ2) is 9.55. The molecule has 0 radical (unpaired) electrons. The lowest BCUT2D eigenvalue weighted by Gasteiger charge is -2.20. The molecule has 0 fully saturated rings. The van der Waals surface area contributed by atoms with Crippen LogP contribution in [0.5, 0.6) is 0 Å². The van der Waals surface area contributed by atoms with Crippen LogP contribution in [0.1, 0.15) is 31.7 Å². The van der Waals surface area contributed by atoms with Gasteiger partial charge in [-0.05, 0) is 12.0 Å². The van der Waals surface area contributed by atoms with Gasteiger partial charge in [0.05, 0.1) is 0 Å². The summed E-state index contributed by atoms with van der Waals surface area (Å²) in [5, 5.41) is 14.2. The van der Waals surface area contributed by atoms with Crippen LogP contribution in [0.3, 0.4) is 0 Å². The van der Waals surface area contributed by atoms with E-state index in [0.717, 1.165) is 18.4 Å². The maximum atomic E-state index is 12.1. The molecule has 0 spiro atoms. The number of benzene rings is 1. The van der Waals surface area contributed by atoms with Gasteiger partial charge in [0.2, 0.25) is 12.3 Å². The lowest BCUT2D eigenvalue weighted by Crippen LogP contribution is -2.50. The second-order valence-corrected chi connectivity index (χ2v) is 5.07. The molecule has 0 aliphatic heterocycles. The molecule has 22 heavy (non-hydrogen) atoms. The Labute approximate surface area is 129 Å². The summed E-state index contributed by atoms with van der Waals surface area (Å²) in [4.78, 5) is 34.1. The number of carboxylic acids is 1. The van der Waals surface area contributed by atoms with E-state index in [-0.39, 0.29) is 6.42 Å². The van der Waals surface area contributed by atoms with E-state index < -0.39 is 24.0 Å². The molecule has 0 aliphatic rings. The first-order valence-corrected chi connectivity index (χ1v) is 7.35. The third-order valence-electron chi connectivity index (χ3n) is 3.33. The van der Waals surface area contributed by atoms with Gasteiger partial charge in [-0.2, -0.15) is 0 Å². The molecule has 6 heteroatoms. The van der Waals surface area contributed by atoms with Crippen LogP contribution in [-0.4, -0.2) is 35.5 Å². The quantitative estimate of drug-likeness (QED) is 0.564. The molecular weight excluding hydrogens is 284 g/mol. The minimum atomic E-state index is -1.10. The topological polar surface area (TPSA) is 95.5 Å². The number of nitrogens with one attached hydrogen (secondary N) is 2. The van der Waals surface area contributed by atoms with Crippen LogP contribution in [-0.2, 0) is 20.8 Å². The van der Waals surface area contributed by atoms with Crippen LogP contribution in [0.15, 0.2) is 30.3 Å². The summed E-state index contributed by atoms with van der Waals surface area (Å²) >= 11 is 0. The molecule has 2 unspecified atom stereocenters. The average Bonchev–Trinajstić information content (AvgIpc) is 2.51. The Morgan fingerprint density at radius 3 is 2.45 bits per heavy atom. The van der Waals surface area contributed by atoms with E-state index in [1.54, 1.807) is 12.1 Å². The summed E-state index contributed by atoms with van der Waals surface area (Å²) in [5.41, 5.74) is 0.823. The van der Waals surface area contributed by atoms with Crippen LogP contribution in [0.4, 0.5) is 0 Å². The van der Waals surface area contributed by atoms with Gasteiger partial charge in [0.1, 0.15) is 12.1 Å². The monoisotopic (exact) mass is 306 g/mol. The van der Waals surface area contributed by atoms with E-state index in [9.17, 15) is 19.5 Å². The van der Waals surface area contributed by atoms with Crippen molar-refractivity contribution in [2.45, 2.75) is 44.7 Å². The molecule has 0 saturated carbocycles. The smallest absolute Gasteiger partial charge is 0.326 e. The second-order valence-electron chi connectivity index (χ2n) is 5.07. The van der Waals surface area contributed by atoms with Crippen molar-refractivity contribution in [2.24, 2.45) is 0 Å². The first-order valence-electron chi connectivity index (χ1n) is 7.35. The molecule has 0 aliphatic carbocycles. The summed E-state index contributed by atoms with van der Waals surface area (Å²) in [7, 11) is 0. The molecule has 0 bridgehead atoms. The van der Waals surface area contributed by atoms with E-state index in [1.165, 1.54) is 0 Å². The van der Waals surface area contributed by atoms with E-state index >= 15 is 0 Å². The van der Waals surface area contributed by atoms with Gasteiger partial charge in [0.25, 0.3) is 0 Å². The first kappa shape index (κ1) is 17.7. The van der Waals surface area contributed by atoms with Gasteiger partial charge < -0.3 is 15.7 Å². The normalized spacial score (nSPS) is 13.0. The molecule has 1 aromatic rings. The summed E-state index contributed by atoms with van der Waals surface area (Å²) in [5.74, 6) is -1.57. The molecule has 0 aromatic heterocycles. The Bertz CT molecular complexity index is 490. The molecule has 3 N–H and O–H groups in total. The fourth-order valence-electron chi connectivity index (χ4n) is 2.10. The maximum absolute atomic E-state index is 12.1. The number of rotatable bonds is 10. The SMILES string of the molecule is CCCCC(NC=O)C(=O)NC(Cc1ccccc1)C(=O)O. The summed E-state index contributed by atoms with van der Waals surface area (Å²) in [6.07, 6.45) is 2.81. The number of unbranched alkanes of at least 4 members (excludes halogenated alkanes) is 1. The van der Waals surface area contributed by atoms with Gasteiger partial charge in [-0.1, -0.05) is 50.1 Å². The Morgan fingerprint density at radius 1 is 1.23 bits per heavy atom. The van der Waals surface area contributed by atoms with Crippen molar-refractivity contribution in [3.63, 3.8) is 0 Å². The highest BCUT2D eigenvalue weighted by Gasteiger charge is 2.24. The highest BCUT2D eigenvalue weighted by Crippen LogP contribution is 2.05. The number of carboxylic acid groups (broad SMARTS) is 1. The van der Waals surface area contributed by atoms with E-state index in [0.29, 0.717) is 12.8 Å². The predicted octanol–water partition coefficient (Wildman–Crippen LogP) is 1.10. The van der Waals surface area contributed by atoms with Crippen LogP contribution < -0.4 is 10.6 Å². The lowest BCUT2D eigenvalue weighted by molar-refractivity contribution is -0.142. The number of hydrogen-bond donors (Lipinski definition) is 3. The molecule has 0 heterocycles. The number of aliphatic carboxylic acids is 1. The maximum Gasteiger partial charge on any atom is 0.326 e. The minimum absolute atomic E-state index is 0.198. The standard InChI is InChI=1S/C16H22N2O4/c1-2-3-9-13(17-11-19)15(20)18-14(16(21)22)10-12-7-5-4-6-8-12/h4-8,11,13-14H,2-3,9-10H2,1H3,(H,17,19)(H,18,20)(H,21,22). The van der Waals surface area contributed by atoms with Crippen molar-refractivity contribution in [2.75, 3.05) is 0 Å². The van der Waals surface area contributed by atoms with Crippen LogP contribution >= 0.6 is 0 Å². The van der Waals surface area contributed by atoms with Gasteiger partial charge in [0, 0.05) is 6.42 Å². The zero-order valence-electron chi connectivity index (χ0n) is 12.6. The van der Waals surface area contributed by atoms with Crippen LogP contribution in [0.25, 0.3) is 0 Å². The van der Waals surface area contributed by atoms with Crippen molar-refractivity contribution in [1.82, 2.24) is 10.6 Å². The van der Waals surface area contributed by atoms with Crippen molar-refractivity contribution >= 4 is 18.3 Å². The first-order chi connectivity index (χ1) is 10.6. The molecule has 120 valence electrons. The zero-order valence-corrected chi connectivity index (χ0v) is 12.6. The molecule has 2 amide bonds. The van der Waals surface area contributed by atoms with Gasteiger partial charge in [0.15, 0.2) is 0 Å². The zero-order chi connectivity index (χ0) is 16.4. The van der Waals surface area contributed by atoms with Crippen molar-refractivity contribution in [1.29, 1.82) is 0 Å². The lowest BCUT2D eigenvalue weighted by atomic mass is 10.0. The summed E-state index contributed by atoms with van der Waals surface area (Å²) in [6.45, 7) is 1.98. The van der Waals surface area contributed by atoms with Gasteiger partial charge in [-0.3, -0.25) is 9.59 Å².